The Morgan fingerprint density at radius 3 is 3.00 bits per heavy atom. The second-order valence-corrected chi connectivity index (χ2v) is 5.38. The summed E-state index contributed by atoms with van der Waals surface area (Å²) in [7, 11) is 0. The van der Waals surface area contributed by atoms with Gasteiger partial charge in [-0.05, 0) is 25.3 Å². The van der Waals surface area contributed by atoms with E-state index in [0.717, 1.165) is 30.8 Å². The summed E-state index contributed by atoms with van der Waals surface area (Å²) < 4.78 is 5.70. The predicted octanol–water partition coefficient (Wildman–Crippen LogP) is 1.69. The molecule has 2 atom stereocenters. The van der Waals surface area contributed by atoms with Crippen molar-refractivity contribution in [3.8, 4) is 0 Å². The van der Waals surface area contributed by atoms with Crippen LogP contribution >= 0.6 is 11.6 Å². The minimum atomic E-state index is -0.186. The Morgan fingerprint density at radius 2 is 2.37 bits per heavy atom. The molecule has 0 bridgehead atoms. The molecular formula is C14H20ClNO3. The van der Waals surface area contributed by atoms with Crippen LogP contribution in [0, 0.1) is 5.92 Å². The molecule has 1 N–H and O–H groups in total. The van der Waals surface area contributed by atoms with E-state index in [1.165, 1.54) is 0 Å². The maximum absolute atomic E-state index is 11.8. The van der Waals surface area contributed by atoms with Crippen LogP contribution in [-0.4, -0.2) is 48.3 Å². The Hall–Kier alpha value is -0.840. The van der Waals surface area contributed by atoms with E-state index in [0.29, 0.717) is 13.2 Å². The maximum atomic E-state index is 11.8. The minimum absolute atomic E-state index is 0.0359. The number of halogens is 1. The van der Waals surface area contributed by atoms with Gasteiger partial charge in [-0.2, -0.15) is 0 Å². The van der Waals surface area contributed by atoms with Crippen LogP contribution in [0.4, 0.5) is 0 Å². The van der Waals surface area contributed by atoms with E-state index in [4.69, 9.17) is 21.4 Å². The lowest BCUT2D eigenvalue weighted by atomic mass is 10.1. The van der Waals surface area contributed by atoms with Crippen LogP contribution in [0.5, 0.6) is 0 Å². The van der Waals surface area contributed by atoms with Crippen LogP contribution in [-0.2, 0) is 9.53 Å². The first kappa shape index (κ1) is 14.6. The van der Waals surface area contributed by atoms with E-state index < -0.39 is 0 Å². The summed E-state index contributed by atoms with van der Waals surface area (Å²) in [6.45, 7) is 2.06. The summed E-state index contributed by atoms with van der Waals surface area (Å²) in [4.78, 5) is 13.6. The summed E-state index contributed by atoms with van der Waals surface area (Å²) in [5, 5.41) is 9.78. The van der Waals surface area contributed by atoms with E-state index in [2.05, 4.69) is 0 Å². The van der Waals surface area contributed by atoms with Crippen molar-refractivity contribution >= 4 is 17.5 Å². The van der Waals surface area contributed by atoms with Gasteiger partial charge in [0.2, 0.25) is 5.91 Å². The third-order valence-electron chi connectivity index (χ3n) is 3.55. The first-order chi connectivity index (χ1) is 9.20. The first-order valence-corrected chi connectivity index (χ1v) is 7.13. The van der Waals surface area contributed by atoms with Crippen molar-refractivity contribution in [2.75, 3.05) is 26.3 Å². The van der Waals surface area contributed by atoms with Gasteiger partial charge in [-0.1, -0.05) is 23.8 Å². The van der Waals surface area contributed by atoms with Crippen LogP contribution in [0.1, 0.15) is 19.3 Å². The zero-order chi connectivity index (χ0) is 13.7. The zero-order valence-electron chi connectivity index (χ0n) is 10.9. The SMILES string of the molecule is O=C1C(CO)CCN1CCCOC1C=CC(Cl)=CC1. The van der Waals surface area contributed by atoms with Gasteiger partial charge in [0.25, 0.3) is 0 Å². The number of nitrogens with zero attached hydrogens (tertiary/aromatic N) is 1. The molecule has 1 heterocycles. The molecule has 2 aliphatic rings. The molecule has 0 radical (unpaired) electrons. The van der Waals surface area contributed by atoms with E-state index >= 15 is 0 Å². The van der Waals surface area contributed by atoms with Gasteiger partial charge >= 0.3 is 0 Å². The molecule has 1 saturated heterocycles. The molecule has 2 rings (SSSR count). The average molecular weight is 286 g/mol. The second kappa shape index (κ2) is 7.08. The van der Waals surface area contributed by atoms with Crippen LogP contribution in [0.15, 0.2) is 23.3 Å². The molecule has 19 heavy (non-hydrogen) atoms. The predicted molar refractivity (Wildman–Crippen MR) is 73.8 cm³/mol. The number of hydrogen-bond acceptors (Lipinski definition) is 3. The zero-order valence-corrected chi connectivity index (χ0v) is 11.7. The lowest BCUT2D eigenvalue weighted by Crippen LogP contribution is -2.30. The van der Waals surface area contributed by atoms with Gasteiger partial charge < -0.3 is 14.7 Å². The highest BCUT2D eigenvalue weighted by molar-refractivity contribution is 6.31. The average Bonchev–Trinajstić information content (AvgIpc) is 2.77. The number of hydrogen-bond donors (Lipinski definition) is 1. The number of likely N-dealkylation sites (tertiary alicyclic amines) is 1. The highest BCUT2D eigenvalue weighted by Crippen LogP contribution is 2.18. The van der Waals surface area contributed by atoms with Gasteiger partial charge in [0.15, 0.2) is 0 Å². The van der Waals surface area contributed by atoms with Gasteiger partial charge in [-0.15, -0.1) is 0 Å². The fourth-order valence-corrected chi connectivity index (χ4v) is 2.55. The summed E-state index contributed by atoms with van der Waals surface area (Å²) in [5.74, 6) is -0.107. The Bertz CT molecular complexity index is 381. The molecule has 0 aromatic rings. The molecule has 5 heteroatoms. The highest BCUT2D eigenvalue weighted by Gasteiger charge is 2.30. The number of aliphatic hydroxyl groups is 1. The van der Waals surface area contributed by atoms with E-state index in [1.807, 2.05) is 23.1 Å². The third-order valence-corrected chi connectivity index (χ3v) is 3.83. The molecule has 1 aliphatic heterocycles. The van der Waals surface area contributed by atoms with Crippen molar-refractivity contribution in [1.82, 2.24) is 4.90 Å². The Labute approximate surface area is 118 Å². The lowest BCUT2D eigenvalue weighted by Gasteiger charge is -2.18. The van der Waals surface area contributed by atoms with E-state index in [9.17, 15) is 4.79 Å². The Kier molecular flexibility index (Phi) is 5.43. The van der Waals surface area contributed by atoms with Gasteiger partial charge in [0.1, 0.15) is 0 Å². The number of amides is 1. The maximum Gasteiger partial charge on any atom is 0.228 e. The molecule has 0 spiro atoms. The van der Waals surface area contributed by atoms with Crippen molar-refractivity contribution in [3.63, 3.8) is 0 Å². The number of carbonyl (C=O) groups excluding carboxylic acids is 1. The van der Waals surface area contributed by atoms with E-state index in [-0.39, 0.29) is 24.5 Å². The van der Waals surface area contributed by atoms with Gasteiger partial charge in [-0.3, -0.25) is 4.79 Å². The van der Waals surface area contributed by atoms with Crippen LogP contribution in [0.3, 0.4) is 0 Å². The summed E-state index contributed by atoms with van der Waals surface area (Å²) in [6.07, 6.45) is 8.27. The van der Waals surface area contributed by atoms with Crippen LogP contribution in [0.25, 0.3) is 0 Å². The molecule has 2 unspecified atom stereocenters. The van der Waals surface area contributed by atoms with Crippen LogP contribution < -0.4 is 0 Å². The number of carbonyl (C=O) groups is 1. The Balaban J connectivity index is 1.60. The lowest BCUT2D eigenvalue weighted by molar-refractivity contribution is -0.132. The number of ether oxygens (including phenoxy) is 1. The van der Waals surface area contributed by atoms with Crippen molar-refractivity contribution < 1.29 is 14.6 Å². The largest absolute Gasteiger partial charge is 0.396 e. The highest BCUT2D eigenvalue weighted by atomic mass is 35.5. The molecule has 4 nitrogen and oxygen atoms in total. The number of allylic oxidation sites excluding steroid dienone is 2. The third kappa shape index (κ3) is 4.06. The quantitative estimate of drug-likeness (QED) is 0.756. The van der Waals surface area contributed by atoms with Crippen molar-refractivity contribution in [1.29, 1.82) is 0 Å². The normalized spacial score (nSPS) is 26.9. The Morgan fingerprint density at radius 1 is 1.53 bits per heavy atom. The second-order valence-electron chi connectivity index (χ2n) is 4.94. The molecule has 0 aromatic carbocycles. The molecule has 0 aromatic heterocycles. The van der Waals surface area contributed by atoms with Gasteiger partial charge in [0, 0.05) is 24.7 Å². The smallest absolute Gasteiger partial charge is 0.228 e. The molecule has 1 amide bonds. The summed E-state index contributed by atoms with van der Waals surface area (Å²) in [5.41, 5.74) is 0. The molecule has 106 valence electrons. The van der Waals surface area contributed by atoms with E-state index in [1.54, 1.807) is 0 Å². The first-order valence-electron chi connectivity index (χ1n) is 6.76. The standard InChI is InChI=1S/C14H20ClNO3/c15-12-2-4-13(5-3-12)19-9-1-7-16-8-6-11(10-17)14(16)18/h2-4,11,13,17H,1,5-10H2. The summed E-state index contributed by atoms with van der Waals surface area (Å²) in [6, 6.07) is 0. The molecule has 1 fully saturated rings. The number of rotatable bonds is 6. The molecule has 0 saturated carbocycles. The summed E-state index contributed by atoms with van der Waals surface area (Å²) >= 11 is 5.83. The number of aliphatic hydroxyl groups excluding tert-OH is 1. The topological polar surface area (TPSA) is 49.8 Å². The molecular weight excluding hydrogens is 266 g/mol. The fourth-order valence-electron chi connectivity index (χ4n) is 2.38. The van der Waals surface area contributed by atoms with Crippen LogP contribution in [0.2, 0.25) is 0 Å². The molecule has 1 aliphatic carbocycles. The van der Waals surface area contributed by atoms with Crippen molar-refractivity contribution in [3.05, 3.63) is 23.3 Å². The van der Waals surface area contributed by atoms with Crippen molar-refractivity contribution in [2.24, 2.45) is 5.92 Å². The minimum Gasteiger partial charge on any atom is -0.396 e. The van der Waals surface area contributed by atoms with Gasteiger partial charge in [-0.25, -0.2) is 0 Å². The fraction of sp³-hybridized carbons (Fsp3) is 0.643. The monoisotopic (exact) mass is 285 g/mol. The van der Waals surface area contributed by atoms with Crippen molar-refractivity contribution in [2.45, 2.75) is 25.4 Å². The van der Waals surface area contributed by atoms with Gasteiger partial charge in [0.05, 0.1) is 18.6 Å².